The van der Waals surface area contributed by atoms with Crippen LogP contribution in [0.5, 0.6) is 0 Å². The third kappa shape index (κ3) is 4.11. The molecule has 2 aliphatic rings. The molecule has 0 N–H and O–H groups in total. The summed E-state index contributed by atoms with van der Waals surface area (Å²) in [6, 6.07) is 22.2. The van der Waals surface area contributed by atoms with Crippen LogP contribution in [0.1, 0.15) is 16.8 Å². The Bertz CT molecular complexity index is 1600. The van der Waals surface area contributed by atoms with Crippen molar-refractivity contribution >= 4 is 55.9 Å². The standard InChI is InChI=1S/C26H18BrN5O2S/c27-17-10-11-22-28-18(13-23(33)31(22)14-17)15-35-26-30-20-9-5-4-8-19(20)24-29-21(25(34)32(24)26)12-16-6-2-1-3-7-16/h1-11,13-14,21H,12,15H2. The highest BCUT2D eigenvalue weighted by Gasteiger charge is 2.41. The van der Waals surface area contributed by atoms with Gasteiger partial charge in [0.2, 0.25) is 0 Å². The third-order valence-corrected chi connectivity index (χ3v) is 7.29. The Balaban J connectivity index is 1.32. The predicted molar refractivity (Wildman–Crippen MR) is 141 cm³/mol. The van der Waals surface area contributed by atoms with Crippen LogP contribution in [0.2, 0.25) is 0 Å². The lowest BCUT2D eigenvalue weighted by Gasteiger charge is -2.25. The molecule has 4 aromatic rings. The summed E-state index contributed by atoms with van der Waals surface area (Å²) in [7, 11) is 0. The van der Waals surface area contributed by atoms with E-state index < -0.39 is 6.04 Å². The van der Waals surface area contributed by atoms with Crippen LogP contribution in [0.25, 0.3) is 5.65 Å². The van der Waals surface area contributed by atoms with Gasteiger partial charge in [0.05, 0.1) is 11.4 Å². The molecule has 0 fully saturated rings. The van der Waals surface area contributed by atoms with E-state index in [9.17, 15) is 9.59 Å². The molecule has 0 radical (unpaired) electrons. The number of rotatable bonds is 4. The van der Waals surface area contributed by atoms with Gasteiger partial charge in [-0.25, -0.2) is 14.9 Å². The Morgan fingerprint density at radius 2 is 1.77 bits per heavy atom. The fourth-order valence-corrected chi connectivity index (χ4v) is 5.44. The lowest BCUT2D eigenvalue weighted by Crippen LogP contribution is -2.41. The average molecular weight is 544 g/mol. The van der Waals surface area contributed by atoms with Gasteiger partial charge in [-0.3, -0.25) is 19.0 Å². The summed E-state index contributed by atoms with van der Waals surface area (Å²) in [5, 5.41) is 0.542. The normalized spacial score (nSPS) is 16.7. The van der Waals surface area contributed by atoms with E-state index in [1.54, 1.807) is 17.2 Å². The molecule has 9 heteroatoms. The quantitative estimate of drug-likeness (QED) is 0.377. The largest absolute Gasteiger partial charge is 0.271 e. The van der Waals surface area contributed by atoms with Crippen LogP contribution in [-0.2, 0) is 17.0 Å². The first kappa shape index (κ1) is 21.9. The summed E-state index contributed by atoms with van der Waals surface area (Å²) >= 11 is 4.76. The van der Waals surface area contributed by atoms with Crippen molar-refractivity contribution in [2.24, 2.45) is 9.98 Å². The van der Waals surface area contributed by atoms with Crippen molar-refractivity contribution < 1.29 is 4.79 Å². The minimum absolute atomic E-state index is 0.0963. The Hall–Kier alpha value is -3.56. The molecule has 172 valence electrons. The van der Waals surface area contributed by atoms with Crippen LogP contribution in [0.3, 0.4) is 0 Å². The molecule has 2 aromatic heterocycles. The number of para-hydroxylation sites is 1. The number of pyridine rings is 1. The van der Waals surface area contributed by atoms with E-state index in [1.807, 2.05) is 60.7 Å². The Morgan fingerprint density at radius 3 is 2.63 bits per heavy atom. The topological polar surface area (TPSA) is 79.4 Å². The summed E-state index contributed by atoms with van der Waals surface area (Å²) in [4.78, 5) is 41.9. The number of aromatic nitrogens is 2. The highest BCUT2D eigenvalue weighted by molar-refractivity contribution is 9.10. The van der Waals surface area contributed by atoms with Gasteiger partial charge in [-0.2, -0.15) is 0 Å². The van der Waals surface area contributed by atoms with Crippen molar-refractivity contribution in [2.45, 2.75) is 18.2 Å². The third-order valence-electron chi connectivity index (χ3n) is 5.85. The van der Waals surface area contributed by atoms with Gasteiger partial charge in [0.15, 0.2) is 5.17 Å². The maximum Gasteiger partial charge on any atom is 0.259 e. The highest BCUT2D eigenvalue weighted by atomic mass is 79.9. The van der Waals surface area contributed by atoms with Crippen molar-refractivity contribution in [3.05, 3.63) is 111 Å². The Kier molecular flexibility index (Phi) is 5.58. The minimum Gasteiger partial charge on any atom is -0.271 e. The van der Waals surface area contributed by atoms with Gasteiger partial charge < -0.3 is 0 Å². The fraction of sp³-hybridized carbons (Fsp3) is 0.115. The lowest BCUT2D eigenvalue weighted by atomic mass is 10.1. The molecule has 1 amide bonds. The number of halogens is 1. The van der Waals surface area contributed by atoms with Crippen LogP contribution in [0, 0.1) is 0 Å². The number of amides is 1. The summed E-state index contributed by atoms with van der Waals surface area (Å²) in [6.07, 6.45) is 2.22. The van der Waals surface area contributed by atoms with E-state index in [1.165, 1.54) is 22.2 Å². The highest BCUT2D eigenvalue weighted by Crippen LogP contribution is 2.34. The van der Waals surface area contributed by atoms with Crippen molar-refractivity contribution in [2.75, 3.05) is 0 Å². The van der Waals surface area contributed by atoms with Crippen molar-refractivity contribution in [3.63, 3.8) is 0 Å². The molecular formula is C26H18BrN5O2S. The first-order chi connectivity index (χ1) is 17.1. The lowest BCUT2D eigenvalue weighted by molar-refractivity contribution is -0.124. The molecule has 0 spiro atoms. The van der Waals surface area contributed by atoms with Gasteiger partial charge in [0, 0.05) is 34.5 Å². The zero-order valence-electron chi connectivity index (χ0n) is 18.3. The van der Waals surface area contributed by atoms with Gasteiger partial charge in [-0.05, 0) is 45.8 Å². The summed E-state index contributed by atoms with van der Waals surface area (Å²) < 4.78 is 2.30. The number of amidine groups is 2. The van der Waals surface area contributed by atoms with Crippen LogP contribution in [0.4, 0.5) is 5.69 Å². The number of aliphatic imine (C=N–C) groups is 2. The number of benzene rings is 2. The first-order valence-corrected chi connectivity index (χ1v) is 12.8. The van der Waals surface area contributed by atoms with E-state index in [2.05, 4.69) is 20.9 Å². The summed E-state index contributed by atoms with van der Waals surface area (Å²) in [5.74, 6) is 0.921. The van der Waals surface area contributed by atoms with Gasteiger partial charge in [-0.1, -0.05) is 54.2 Å². The molecular weight excluding hydrogens is 526 g/mol. The molecule has 2 aliphatic heterocycles. The molecule has 0 saturated carbocycles. The van der Waals surface area contributed by atoms with E-state index in [-0.39, 0.29) is 11.5 Å². The van der Waals surface area contributed by atoms with E-state index in [4.69, 9.17) is 9.98 Å². The molecule has 1 unspecified atom stereocenters. The van der Waals surface area contributed by atoms with Gasteiger partial charge in [-0.15, -0.1) is 0 Å². The summed E-state index contributed by atoms with van der Waals surface area (Å²) in [6.45, 7) is 0. The number of carbonyl (C=O) groups excluding carboxylic acids is 1. The SMILES string of the molecule is O=C1C(Cc2ccccc2)N=C2c3ccccc3N=C(SCc3cc(=O)n4cc(Br)ccc4n3)N12. The second-order valence-electron chi connectivity index (χ2n) is 8.19. The minimum atomic E-state index is -0.508. The number of nitrogens with zero attached hydrogens (tertiary/aromatic N) is 5. The predicted octanol–water partition coefficient (Wildman–Crippen LogP) is 4.59. The Labute approximate surface area is 213 Å². The maximum absolute atomic E-state index is 13.5. The average Bonchev–Trinajstić information content (AvgIpc) is 3.20. The summed E-state index contributed by atoms with van der Waals surface area (Å²) in [5.41, 5.74) is 3.69. The smallest absolute Gasteiger partial charge is 0.259 e. The molecule has 7 nitrogen and oxygen atoms in total. The van der Waals surface area contributed by atoms with Gasteiger partial charge in [0.1, 0.15) is 17.5 Å². The number of hydrogen-bond acceptors (Lipinski definition) is 6. The fourth-order valence-electron chi connectivity index (χ4n) is 4.21. The van der Waals surface area contributed by atoms with Crippen LogP contribution in [0.15, 0.2) is 98.2 Å². The van der Waals surface area contributed by atoms with Crippen molar-refractivity contribution in [1.29, 1.82) is 0 Å². The molecule has 6 rings (SSSR count). The zero-order chi connectivity index (χ0) is 23.9. The first-order valence-electron chi connectivity index (χ1n) is 11.0. The molecule has 2 aromatic carbocycles. The second kappa shape index (κ2) is 8.90. The number of hydrogen-bond donors (Lipinski definition) is 0. The molecule has 4 heterocycles. The van der Waals surface area contributed by atoms with Crippen LogP contribution in [-0.4, -0.2) is 37.2 Å². The Morgan fingerprint density at radius 1 is 0.971 bits per heavy atom. The van der Waals surface area contributed by atoms with Gasteiger partial charge in [0.25, 0.3) is 11.5 Å². The van der Waals surface area contributed by atoms with E-state index >= 15 is 0 Å². The number of fused-ring (bicyclic) bond motifs is 4. The van der Waals surface area contributed by atoms with Gasteiger partial charge >= 0.3 is 0 Å². The monoisotopic (exact) mass is 543 g/mol. The molecule has 0 aliphatic carbocycles. The van der Waals surface area contributed by atoms with E-state index in [0.717, 1.165) is 21.3 Å². The van der Waals surface area contributed by atoms with Crippen molar-refractivity contribution in [3.8, 4) is 0 Å². The van der Waals surface area contributed by atoms with Crippen molar-refractivity contribution in [1.82, 2.24) is 14.3 Å². The maximum atomic E-state index is 13.5. The van der Waals surface area contributed by atoms with Crippen LogP contribution < -0.4 is 5.56 Å². The van der Waals surface area contributed by atoms with Crippen LogP contribution >= 0.6 is 27.7 Å². The zero-order valence-corrected chi connectivity index (χ0v) is 20.7. The molecule has 0 saturated heterocycles. The second-order valence-corrected chi connectivity index (χ2v) is 10.1. The van der Waals surface area contributed by atoms with E-state index in [0.29, 0.717) is 34.5 Å². The molecule has 1 atom stereocenters. The number of carbonyl (C=O) groups is 1. The number of thioether (sulfide) groups is 1. The molecule has 35 heavy (non-hydrogen) atoms. The molecule has 0 bridgehead atoms.